The molecule has 1 fully saturated rings. The normalized spacial score (nSPS) is 33.2. The summed E-state index contributed by atoms with van der Waals surface area (Å²) in [5.41, 5.74) is 1.69. The van der Waals surface area contributed by atoms with Crippen LogP contribution in [0.3, 0.4) is 0 Å². The molecular weight excluding hydrogens is 200 g/mol. The van der Waals surface area contributed by atoms with Crippen molar-refractivity contribution in [2.45, 2.75) is 33.6 Å². The molecule has 2 aliphatic rings. The topological polar surface area (TPSA) is 26.3 Å². The predicted octanol–water partition coefficient (Wildman–Crippen LogP) is 3.10. The number of hydrogen-bond donors (Lipinski definition) is 0. The molecule has 0 aromatic heterocycles. The Hall–Kier alpha value is -1.05. The second-order valence-electron chi connectivity index (χ2n) is 5.40. The number of carbonyl (C=O) groups excluding carboxylic acids is 1. The maximum Gasteiger partial charge on any atom is 0.312 e. The van der Waals surface area contributed by atoms with E-state index in [0.29, 0.717) is 12.5 Å². The summed E-state index contributed by atoms with van der Waals surface area (Å²) in [6, 6.07) is 0. The monoisotopic (exact) mass is 220 g/mol. The van der Waals surface area contributed by atoms with Gasteiger partial charge in [0.2, 0.25) is 0 Å². The number of ether oxygens (including phenoxy) is 1. The average Bonchev–Trinajstić information content (AvgIpc) is 2.72. The lowest BCUT2D eigenvalue weighted by atomic mass is 9.77. The second kappa shape index (κ2) is 4.08. The molecule has 0 bridgehead atoms. The molecule has 2 heteroatoms. The summed E-state index contributed by atoms with van der Waals surface area (Å²) in [4.78, 5) is 11.3. The van der Waals surface area contributed by atoms with Gasteiger partial charge in [0.25, 0.3) is 0 Å². The Morgan fingerprint density at radius 2 is 2.19 bits per heavy atom. The lowest BCUT2D eigenvalue weighted by molar-refractivity contribution is -0.140. The van der Waals surface area contributed by atoms with Crippen molar-refractivity contribution in [3.05, 3.63) is 23.8 Å². The number of hydrogen-bond acceptors (Lipinski definition) is 2. The highest BCUT2D eigenvalue weighted by Crippen LogP contribution is 2.43. The second-order valence-corrected chi connectivity index (χ2v) is 5.40. The molecule has 0 radical (unpaired) electrons. The fourth-order valence-electron chi connectivity index (χ4n) is 2.43. The van der Waals surface area contributed by atoms with E-state index in [1.54, 1.807) is 0 Å². The average molecular weight is 220 g/mol. The van der Waals surface area contributed by atoms with Gasteiger partial charge in [-0.1, -0.05) is 37.6 Å². The third-order valence-corrected chi connectivity index (χ3v) is 4.17. The third-order valence-electron chi connectivity index (χ3n) is 4.17. The Morgan fingerprint density at radius 1 is 1.44 bits per heavy atom. The van der Waals surface area contributed by atoms with E-state index in [0.717, 1.165) is 12.8 Å². The number of esters is 1. The van der Waals surface area contributed by atoms with Crippen LogP contribution in [-0.2, 0) is 9.53 Å². The maximum atomic E-state index is 11.3. The Morgan fingerprint density at radius 3 is 2.69 bits per heavy atom. The van der Waals surface area contributed by atoms with Crippen LogP contribution in [0.2, 0.25) is 0 Å². The van der Waals surface area contributed by atoms with Crippen molar-refractivity contribution >= 4 is 5.97 Å². The molecule has 0 amide bonds. The van der Waals surface area contributed by atoms with E-state index >= 15 is 0 Å². The van der Waals surface area contributed by atoms with Gasteiger partial charge in [-0.3, -0.25) is 4.79 Å². The minimum absolute atomic E-state index is 0.00305. The van der Waals surface area contributed by atoms with Crippen LogP contribution in [0.5, 0.6) is 0 Å². The van der Waals surface area contributed by atoms with E-state index in [1.165, 1.54) is 5.57 Å². The summed E-state index contributed by atoms with van der Waals surface area (Å²) in [6.45, 7) is 7.32. The molecule has 0 aromatic rings. The minimum atomic E-state index is -0.0586. The minimum Gasteiger partial charge on any atom is -0.465 e. The van der Waals surface area contributed by atoms with E-state index in [2.05, 4.69) is 32.9 Å². The van der Waals surface area contributed by atoms with Crippen molar-refractivity contribution in [1.29, 1.82) is 0 Å². The van der Waals surface area contributed by atoms with E-state index < -0.39 is 0 Å². The van der Waals surface area contributed by atoms with Crippen molar-refractivity contribution in [2.75, 3.05) is 6.61 Å². The summed E-state index contributed by atoms with van der Waals surface area (Å²) >= 11 is 0. The summed E-state index contributed by atoms with van der Waals surface area (Å²) in [5.74, 6) is 0.467. The molecule has 2 unspecified atom stereocenters. The van der Waals surface area contributed by atoms with Gasteiger partial charge >= 0.3 is 5.97 Å². The van der Waals surface area contributed by atoms with Crippen LogP contribution in [0.4, 0.5) is 0 Å². The van der Waals surface area contributed by atoms with Gasteiger partial charge in [0.15, 0.2) is 0 Å². The van der Waals surface area contributed by atoms with Crippen molar-refractivity contribution in [3.8, 4) is 0 Å². The van der Waals surface area contributed by atoms with Crippen LogP contribution in [0.15, 0.2) is 23.8 Å². The molecular formula is C14H20O2. The largest absolute Gasteiger partial charge is 0.465 e. The zero-order valence-corrected chi connectivity index (χ0v) is 10.3. The molecule has 1 heterocycles. The molecule has 88 valence electrons. The van der Waals surface area contributed by atoms with E-state index in [1.807, 2.05) is 6.08 Å². The molecule has 2 rings (SSSR count). The molecule has 1 saturated heterocycles. The van der Waals surface area contributed by atoms with Crippen molar-refractivity contribution < 1.29 is 9.53 Å². The Balaban J connectivity index is 2.01. The Bertz CT molecular complexity index is 350. The maximum absolute atomic E-state index is 11.3. The van der Waals surface area contributed by atoms with Crippen LogP contribution < -0.4 is 0 Å². The van der Waals surface area contributed by atoms with Gasteiger partial charge < -0.3 is 4.74 Å². The van der Waals surface area contributed by atoms with Crippen LogP contribution >= 0.6 is 0 Å². The molecule has 0 spiro atoms. The highest BCUT2D eigenvalue weighted by atomic mass is 16.5. The van der Waals surface area contributed by atoms with Gasteiger partial charge in [0.05, 0.1) is 12.5 Å². The van der Waals surface area contributed by atoms with Gasteiger partial charge in [-0.25, -0.2) is 0 Å². The van der Waals surface area contributed by atoms with Crippen LogP contribution in [0.25, 0.3) is 0 Å². The van der Waals surface area contributed by atoms with Gasteiger partial charge in [0.1, 0.15) is 0 Å². The van der Waals surface area contributed by atoms with Gasteiger partial charge in [-0.2, -0.15) is 0 Å². The van der Waals surface area contributed by atoms with Crippen molar-refractivity contribution in [3.63, 3.8) is 0 Å². The van der Waals surface area contributed by atoms with E-state index in [9.17, 15) is 4.79 Å². The SMILES string of the molecule is CC1=CCC(C=CC2CCOC2=O)C1(C)C. The van der Waals surface area contributed by atoms with E-state index in [-0.39, 0.29) is 17.3 Å². The molecule has 16 heavy (non-hydrogen) atoms. The first kappa shape index (κ1) is 11.4. The molecule has 1 aliphatic heterocycles. The third kappa shape index (κ3) is 1.93. The molecule has 2 nitrogen and oxygen atoms in total. The lowest BCUT2D eigenvalue weighted by Gasteiger charge is -2.27. The lowest BCUT2D eigenvalue weighted by Crippen LogP contribution is -2.19. The van der Waals surface area contributed by atoms with Gasteiger partial charge in [-0.05, 0) is 31.1 Å². The van der Waals surface area contributed by atoms with Gasteiger partial charge in [-0.15, -0.1) is 0 Å². The highest BCUT2D eigenvalue weighted by Gasteiger charge is 2.33. The fraction of sp³-hybridized carbons (Fsp3) is 0.643. The van der Waals surface area contributed by atoms with Crippen LogP contribution in [0, 0.1) is 17.3 Å². The number of allylic oxidation sites excluding steroid dienone is 3. The summed E-state index contributed by atoms with van der Waals surface area (Å²) < 4.78 is 4.95. The Labute approximate surface area is 97.4 Å². The number of rotatable bonds is 2. The Kier molecular flexibility index (Phi) is 2.92. The zero-order chi connectivity index (χ0) is 11.8. The summed E-state index contributed by atoms with van der Waals surface area (Å²) in [7, 11) is 0. The first-order chi connectivity index (χ1) is 7.51. The molecule has 2 atom stereocenters. The molecule has 1 aliphatic carbocycles. The number of carbonyl (C=O) groups is 1. The fourth-order valence-corrected chi connectivity index (χ4v) is 2.43. The predicted molar refractivity (Wildman–Crippen MR) is 63.9 cm³/mol. The summed E-state index contributed by atoms with van der Waals surface area (Å²) in [5, 5.41) is 0. The highest BCUT2D eigenvalue weighted by molar-refractivity contribution is 5.76. The smallest absolute Gasteiger partial charge is 0.312 e. The quantitative estimate of drug-likeness (QED) is 0.528. The molecule has 0 aromatic carbocycles. The molecule has 0 N–H and O–H groups in total. The van der Waals surface area contributed by atoms with Crippen molar-refractivity contribution in [2.24, 2.45) is 17.3 Å². The first-order valence-corrected chi connectivity index (χ1v) is 6.04. The number of cyclic esters (lactones) is 1. The van der Waals surface area contributed by atoms with E-state index in [4.69, 9.17) is 4.74 Å². The van der Waals surface area contributed by atoms with Crippen LogP contribution in [0.1, 0.15) is 33.6 Å². The van der Waals surface area contributed by atoms with Gasteiger partial charge in [0, 0.05) is 0 Å². The standard InChI is InChI=1S/C14H20O2/c1-10-4-6-12(14(10,2)3)7-5-11-8-9-16-13(11)15/h4-5,7,11-12H,6,8-9H2,1-3H3. The van der Waals surface area contributed by atoms with Crippen molar-refractivity contribution in [1.82, 2.24) is 0 Å². The summed E-state index contributed by atoms with van der Waals surface area (Å²) in [6.07, 6.45) is 8.51. The molecule has 0 saturated carbocycles. The van der Waals surface area contributed by atoms with Crippen LogP contribution in [-0.4, -0.2) is 12.6 Å². The zero-order valence-electron chi connectivity index (χ0n) is 10.3. The first-order valence-electron chi connectivity index (χ1n) is 6.04.